The summed E-state index contributed by atoms with van der Waals surface area (Å²) < 4.78 is 35.1. The van der Waals surface area contributed by atoms with Gasteiger partial charge in [0.1, 0.15) is 13.1 Å². The van der Waals surface area contributed by atoms with Gasteiger partial charge in [-0.25, -0.2) is 4.58 Å². The number of aryl methyl sites for hydroxylation is 1. The van der Waals surface area contributed by atoms with Gasteiger partial charge in [0.2, 0.25) is 0 Å². The summed E-state index contributed by atoms with van der Waals surface area (Å²) in [7, 11) is -4.27. The lowest BCUT2D eigenvalue weighted by atomic mass is 9.90. The van der Waals surface area contributed by atoms with Crippen molar-refractivity contribution in [3.05, 3.63) is 95.1 Å². The van der Waals surface area contributed by atoms with E-state index in [0.29, 0.717) is 0 Å². The highest BCUT2D eigenvalue weighted by molar-refractivity contribution is 7.85. The summed E-state index contributed by atoms with van der Waals surface area (Å²) in [6.07, 6.45) is 8.29. The molecule has 4 nitrogen and oxygen atoms in total. The molecule has 29 heavy (non-hydrogen) atoms. The van der Waals surface area contributed by atoms with Crippen LogP contribution in [0.4, 0.5) is 0 Å². The second-order valence-electron chi connectivity index (χ2n) is 6.96. The smallest absolute Gasteiger partial charge is 0.282 e. The molecule has 5 heteroatoms. The van der Waals surface area contributed by atoms with Gasteiger partial charge in [0, 0.05) is 12.2 Å². The van der Waals surface area contributed by atoms with Crippen LogP contribution in [0.2, 0.25) is 0 Å². The molecule has 0 amide bonds. The number of hydrogen-bond donors (Lipinski definition) is 1. The van der Waals surface area contributed by atoms with Gasteiger partial charge in [0.15, 0.2) is 5.71 Å². The van der Waals surface area contributed by atoms with Crippen molar-refractivity contribution in [3.8, 4) is 0 Å². The molecule has 0 saturated heterocycles. The fourth-order valence-electron chi connectivity index (χ4n) is 3.46. The van der Waals surface area contributed by atoms with Crippen LogP contribution in [-0.2, 0) is 10.1 Å². The maximum atomic E-state index is 11.7. The summed E-state index contributed by atoms with van der Waals surface area (Å²) in [6, 6.07) is 14.6. The number of benzene rings is 2. The zero-order chi connectivity index (χ0) is 21.0. The molecule has 0 heterocycles. The summed E-state index contributed by atoms with van der Waals surface area (Å²) in [4.78, 5) is -0.112. The second-order valence-corrected chi connectivity index (χ2v) is 8.38. The van der Waals surface area contributed by atoms with Crippen molar-refractivity contribution in [3.63, 3.8) is 0 Å². The first kappa shape index (κ1) is 21.0. The third kappa shape index (κ3) is 4.81. The van der Waals surface area contributed by atoms with E-state index < -0.39 is 10.1 Å². The number of hydrogen-bond acceptors (Lipinski definition) is 2. The van der Waals surface area contributed by atoms with Crippen molar-refractivity contribution in [2.75, 3.05) is 13.1 Å². The molecule has 0 unspecified atom stereocenters. The molecule has 150 valence electrons. The molecule has 0 atom stereocenters. The van der Waals surface area contributed by atoms with Crippen LogP contribution in [-0.4, -0.2) is 36.3 Å². The Bertz CT molecular complexity index is 1110. The average molecular weight is 409 g/mol. The Labute approximate surface area is 173 Å². The molecule has 2 aromatic rings. The molecule has 1 N–H and O–H groups in total. The zero-order valence-corrected chi connectivity index (χ0v) is 17.8. The highest BCUT2D eigenvalue weighted by atomic mass is 32.2. The molecule has 0 saturated carbocycles. The minimum atomic E-state index is -4.27. The quantitative estimate of drug-likeness (QED) is 0.578. The molecule has 2 aromatic carbocycles. The fourth-order valence-corrected chi connectivity index (χ4v) is 3.99. The van der Waals surface area contributed by atoms with Gasteiger partial charge >= 0.3 is 0 Å². The van der Waals surface area contributed by atoms with Gasteiger partial charge in [0.25, 0.3) is 10.1 Å². The topological polar surface area (TPSA) is 57.4 Å². The molecular formula is C24H26NO3S+. The maximum absolute atomic E-state index is 11.7. The van der Waals surface area contributed by atoms with Crippen LogP contribution in [0.5, 0.6) is 0 Å². The lowest BCUT2D eigenvalue weighted by molar-refractivity contribution is -0.519. The van der Waals surface area contributed by atoms with Crippen molar-refractivity contribution in [1.29, 1.82) is 0 Å². The first-order valence-electron chi connectivity index (χ1n) is 9.70. The number of allylic oxidation sites excluding steroid dienone is 5. The minimum absolute atomic E-state index is 0.112. The van der Waals surface area contributed by atoms with E-state index in [2.05, 4.69) is 42.7 Å². The van der Waals surface area contributed by atoms with Gasteiger partial charge in [-0.1, -0.05) is 42.0 Å². The number of nitrogens with zero attached hydrogens (tertiary/aromatic N) is 1. The van der Waals surface area contributed by atoms with Crippen molar-refractivity contribution < 1.29 is 17.5 Å². The highest BCUT2D eigenvalue weighted by Crippen LogP contribution is 2.31. The van der Waals surface area contributed by atoms with Crippen molar-refractivity contribution in [1.82, 2.24) is 0 Å². The first-order chi connectivity index (χ1) is 13.8. The summed E-state index contributed by atoms with van der Waals surface area (Å²) in [5.74, 6) is 0. The second kappa shape index (κ2) is 8.72. The Hall–Kier alpha value is -2.76. The van der Waals surface area contributed by atoms with Gasteiger partial charge in [-0.15, -0.1) is 0 Å². The Balaban J connectivity index is 2.20. The fraction of sp³-hybridized carbons (Fsp3) is 0.208. The predicted octanol–water partition coefficient (Wildman–Crippen LogP) is 4.66. The van der Waals surface area contributed by atoms with E-state index in [0.717, 1.165) is 46.6 Å². The van der Waals surface area contributed by atoms with Gasteiger partial charge in [0.05, 0.1) is 4.90 Å². The number of rotatable bonds is 5. The lowest BCUT2D eigenvalue weighted by Gasteiger charge is -2.15. The minimum Gasteiger partial charge on any atom is -0.282 e. The van der Waals surface area contributed by atoms with Crippen molar-refractivity contribution >= 4 is 21.4 Å². The third-order valence-electron chi connectivity index (χ3n) is 5.05. The summed E-state index contributed by atoms with van der Waals surface area (Å²) in [5.41, 5.74) is 5.92. The van der Waals surface area contributed by atoms with E-state index in [1.54, 1.807) is 6.07 Å². The van der Waals surface area contributed by atoms with E-state index in [-0.39, 0.29) is 4.90 Å². The Morgan fingerprint density at radius 3 is 2.07 bits per heavy atom. The molecule has 0 radical (unpaired) electrons. The Kier molecular flexibility index (Phi) is 6.30. The van der Waals surface area contributed by atoms with Crippen molar-refractivity contribution in [2.45, 2.75) is 25.7 Å². The standard InChI is InChI=1S/C24H25NO3S/c1-4-25(5-2)22-15-13-20(14-16-22)24(19-11-9-18(3)10-12-19)21-7-6-8-23(17-21)29(26,27)28/h6-17H,4-5H2,1-3H3/p+1. The normalized spacial score (nSPS) is 13.7. The molecule has 0 aliphatic heterocycles. The molecule has 1 aliphatic carbocycles. The van der Waals surface area contributed by atoms with Gasteiger partial charge in [-0.05, 0) is 67.3 Å². The van der Waals surface area contributed by atoms with Gasteiger partial charge in [-0.2, -0.15) is 8.42 Å². The molecule has 0 bridgehead atoms. The van der Waals surface area contributed by atoms with Crippen LogP contribution in [0.25, 0.3) is 5.57 Å². The molecule has 0 fully saturated rings. The lowest BCUT2D eigenvalue weighted by Crippen LogP contribution is -2.19. The van der Waals surface area contributed by atoms with Crippen LogP contribution in [0, 0.1) is 6.92 Å². The summed E-state index contributed by atoms with van der Waals surface area (Å²) in [5, 5.41) is 0. The van der Waals surface area contributed by atoms with Crippen LogP contribution in [0.15, 0.2) is 83.3 Å². The highest BCUT2D eigenvalue weighted by Gasteiger charge is 2.16. The first-order valence-corrected chi connectivity index (χ1v) is 11.1. The zero-order valence-electron chi connectivity index (χ0n) is 17.0. The molecule has 0 spiro atoms. The van der Waals surface area contributed by atoms with Gasteiger partial charge < -0.3 is 0 Å². The molecule has 1 aliphatic rings. The molecule has 0 aromatic heterocycles. The maximum Gasteiger partial charge on any atom is 0.294 e. The van der Waals surface area contributed by atoms with Crippen LogP contribution >= 0.6 is 0 Å². The van der Waals surface area contributed by atoms with E-state index in [9.17, 15) is 13.0 Å². The van der Waals surface area contributed by atoms with Crippen LogP contribution < -0.4 is 0 Å². The van der Waals surface area contributed by atoms with Crippen LogP contribution in [0.3, 0.4) is 0 Å². The molecular weight excluding hydrogens is 382 g/mol. The van der Waals surface area contributed by atoms with E-state index >= 15 is 0 Å². The Morgan fingerprint density at radius 2 is 1.52 bits per heavy atom. The largest absolute Gasteiger partial charge is 0.294 e. The van der Waals surface area contributed by atoms with Gasteiger partial charge in [-0.3, -0.25) is 4.55 Å². The summed E-state index contributed by atoms with van der Waals surface area (Å²) in [6.45, 7) is 8.15. The SMILES string of the molecule is CC[N+](CC)=C1C=CC(=C(c2ccc(C)cc2)c2cccc(S(=O)(=O)O)c2)C=C1. The third-order valence-corrected chi connectivity index (χ3v) is 5.90. The van der Waals surface area contributed by atoms with E-state index in [1.807, 2.05) is 37.3 Å². The van der Waals surface area contributed by atoms with E-state index in [4.69, 9.17) is 0 Å². The average Bonchev–Trinajstić information content (AvgIpc) is 2.71. The van der Waals surface area contributed by atoms with E-state index in [1.165, 1.54) is 12.1 Å². The Morgan fingerprint density at radius 1 is 0.897 bits per heavy atom. The molecule has 3 rings (SSSR count). The van der Waals surface area contributed by atoms with Crippen molar-refractivity contribution in [2.24, 2.45) is 0 Å². The monoisotopic (exact) mass is 408 g/mol. The predicted molar refractivity (Wildman–Crippen MR) is 118 cm³/mol. The summed E-state index contributed by atoms with van der Waals surface area (Å²) >= 11 is 0. The van der Waals surface area contributed by atoms with Crippen LogP contribution in [0.1, 0.15) is 30.5 Å².